The molecule has 0 spiro atoms. The molecule has 16 heavy (non-hydrogen) atoms. The maximum absolute atomic E-state index is 11.6. The lowest BCUT2D eigenvalue weighted by Crippen LogP contribution is -2.35. The summed E-state index contributed by atoms with van der Waals surface area (Å²) < 4.78 is 9.30. The zero-order chi connectivity index (χ0) is 12.3. The fraction of sp³-hybridized carbons (Fsp3) is 0.800. The summed E-state index contributed by atoms with van der Waals surface area (Å²) in [7, 11) is 0. The second kappa shape index (κ2) is 4.91. The molecular formula is C10H16ClNO4. The summed E-state index contributed by atoms with van der Waals surface area (Å²) in [5.41, 5.74) is -0.526. The van der Waals surface area contributed by atoms with E-state index >= 15 is 0 Å². The van der Waals surface area contributed by atoms with Crippen molar-refractivity contribution in [2.75, 3.05) is 13.1 Å². The summed E-state index contributed by atoms with van der Waals surface area (Å²) in [6, 6.07) is 0. The number of hydrogen-bond donors (Lipinski definition) is 0. The van der Waals surface area contributed by atoms with Gasteiger partial charge in [-0.05, 0) is 27.2 Å². The van der Waals surface area contributed by atoms with E-state index in [1.165, 1.54) is 4.90 Å². The third-order valence-electron chi connectivity index (χ3n) is 2.25. The lowest BCUT2D eigenvalue weighted by molar-refractivity contribution is -0.137. The number of nitrogens with zero attached hydrogens (tertiary/aromatic N) is 1. The molecule has 92 valence electrons. The zero-order valence-corrected chi connectivity index (χ0v) is 10.4. The molecule has 0 aromatic rings. The van der Waals surface area contributed by atoms with E-state index in [4.69, 9.17) is 16.6 Å². The second-order valence-corrected chi connectivity index (χ2v) is 4.96. The van der Waals surface area contributed by atoms with Crippen LogP contribution in [0, 0.1) is 5.92 Å². The number of carbonyl (C=O) groups is 2. The largest absolute Gasteiger partial charge is 0.444 e. The lowest BCUT2D eigenvalue weighted by Gasteiger charge is -2.24. The standard InChI is InChI=1S/C10H16ClNO4/c1-10(2,3)15-9(14)12-5-4-7(6-12)8(13)16-11/h7H,4-6H2,1-3H3. The molecule has 1 atom stereocenters. The van der Waals surface area contributed by atoms with Gasteiger partial charge in [0, 0.05) is 13.1 Å². The molecule has 1 saturated heterocycles. The van der Waals surface area contributed by atoms with Gasteiger partial charge in [0.2, 0.25) is 0 Å². The molecule has 6 heteroatoms. The highest BCUT2D eigenvalue weighted by molar-refractivity contribution is 6.13. The SMILES string of the molecule is CC(C)(C)OC(=O)N1CCC(C(=O)OCl)C1. The third kappa shape index (κ3) is 3.56. The van der Waals surface area contributed by atoms with Crippen molar-refractivity contribution in [2.45, 2.75) is 32.8 Å². The molecule has 0 aliphatic carbocycles. The van der Waals surface area contributed by atoms with Crippen molar-refractivity contribution in [3.63, 3.8) is 0 Å². The van der Waals surface area contributed by atoms with Crippen molar-refractivity contribution in [1.82, 2.24) is 4.90 Å². The first-order valence-corrected chi connectivity index (χ1v) is 5.44. The van der Waals surface area contributed by atoms with Gasteiger partial charge in [0.15, 0.2) is 0 Å². The van der Waals surface area contributed by atoms with Crippen molar-refractivity contribution < 1.29 is 18.6 Å². The predicted molar refractivity (Wildman–Crippen MR) is 57.9 cm³/mol. The molecule has 0 aromatic heterocycles. The highest BCUT2D eigenvalue weighted by Gasteiger charge is 2.34. The van der Waals surface area contributed by atoms with Crippen molar-refractivity contribution in [1.29, 1.82) is 0 Å². The lowest BCUT2D eigenvalue weighted by atomic mass is 10.1. The van der Waals surface area contributed by atoms with E-state index in [1.54, 1.807) is 20.8 Å². The molecular weight excluding hydrogens is 234 g/mol. The second-order valence-electron chi connectivity index (χ2n) is 4.81. The van der Waals surface area contributed by atoms with E-state index in [9.17, 15) is 9.59 Å². The highest BCUT2D eigenvalue weighted by Crippen LogP contribution is 2.20. The van der Waals surface area contributed by atoms with Crippen LogP contribution in [0.15, 0.2) is 0 Å². The van der Waals surface area contributed by atoms with Gasteiger partial charge < -0.3 is 13.9 Å². The Labute approximate surface area is 99.8 Å². The summed E-state index contributed by atoms with van der Waals surface area (Å²) >= 11 is 4.98. The Hall–Kier alpha value is -0.970. The van der Waals surface area contributed by atoms with Crippen LogP contribution < -0.4 is 0 Å². The van der Waals surface area contributed by atoms with Gasteiger partial charge in [0.05, 0.1) is 5.92 Å². The molecule has 1 aliphatic rings. The average molecular weight is 250 g/mol. The molecule has 1 fully saturated rings. The minimum absolute atomic E-state index is 0.306. The molecule has 1 aliphatic heterocycles. The third-order valence-corrected chi connectivity index (χ3v) is 2.40. The molecule has 1 unspecified atom stereocenters. The number of carbonyl (C=O) groups excluding carboxylic acids is 2. The summed E-state index contributed by atoms with van der Waals surface area (Å²) in [6.45, 7) is 6.19. The van der Waals surface area contributed by atoms with Gasteiger partial charge in [-0.3, -0.25) is 4.79 Å². The van der Waals surface area contributed by atoms with E-state index in [2.05, 4.69) is 4.29 Å². The number of rotatable bonds is 1. The van der Waals surface area contributed by atoms with E-state index < -0.39 is 17.7 Å². The Morgan fingerprint density at radius 2 is 2.00 bits per heavy atom. The predicted octanol–water partition coefficient (Wildman–Crippen LogP) is 1.94. The fourth-order valence-corrected chi connectivity index (χ4v) is 1.63. The van der Waals surface area contributed by atoms with Gasteiger partial charge >= 0.3 is 12.1 Å². The highest BCUT2D eigenvalue weighted by atomic mass is 35.5. The molecule has 1 rings (SSSR count). The number of ether oxygens (including phenoxy) is 1. The van der Waals surface area contributed by atoms with Crippen LogP contribution in [0.3, 0.4) is 0 Å². The first kappa shape index (κ1) is 13.1. The van der Waals surface area contributed by atoms with Gasteiger partial charge in [-0.2, -0.15) is 0 Å². The van der Waals surface area contributed by atoms with E-state index in [0.29, 0.717) is 19.5 Å². The quantitative estimate of drug-likeness (QED) is 0.713. The topological polar surface area (TPSA) is 55.8 Å². The summed E-state index contributed by atoms with van der Waals surface area (Å²) in [5, 5.41) is 0. The fourth-order valence-electron chi connectivity index (χ4n) is 1.51. The Morgan fingerprint density at radius 3 is 2.50 bits per heavy atom. The monoisotopic (exact) mass is 249 g/mol. The Bertz CT molecular complexity index is 287. The van der Waals surface area contributed by atoms with Crippen molar-refractivity contribution in [2.24, 2.45) is 5.92 Å². The van der Waals surface area contributed by atoms with Crippen LogP contribution >= 0.6 is 11.9 Å². The average Bonchev–Trinajstić information content (AvgIpc) is 2.62. The van der Waals surface area contributed by atoms with Crippen LogP contribution in [0.1, 0.15) is 27.2 Å². The van der Waals surface area contributed by atoms with Gasteiger partial charge in [-0.1, -0.05) is 0 Å². The summed E-state index contributed by atoms with van der Waals surface area (Å²) in [5.74, 6) is -0.835. The Balaban J connectivity index is 2.47. The number of amides is 1. The normalized spacial score (nSPS) is 20.8. The van der Waals surface area contributed by atoms with E-state index in [1.807, 2.05) is 0 Å². The number of likely N-dealkylation sites (tertiary alicyclic amines) is 1. The molecule has 0 aromatic carbocycles. The molecule has 1 amide bonds. The van der Waals surface area contributed by atoms with Gasteiger partial charge in [-0.15, -0.1) is 0 Å². The van der Waals surface area contributed by atoms with Crippen LogP contribution in [0.2, 0.25) is 0 Å². The van der Waals surface area contributed by atoms with Crippen molar-refractivity contribution in [3.05, 3.63) is 0 Å². The Morgan fingerprint density at radius 1 is 1.38 bits per heavy atom. The maximum Gasteiger partial charge on any atom is 0.410 e. The van der Waals surface area contributed by atoms with Gasteiger partial charge in [0.25, 0.3) is 0 Å². The molecule has 5 nitrogen and oxygen atoms in total. The minimum atomic E-state index is -0.526. The van der Waals surface area contributed by atoms with Crippen LogP contribution in [0.5, 0.6) is 0 Å². The van der Waals surface area contributed by atoms with Crippen LogP contribution in [-0.4, -0.2) is 35.7 Å². The van der Waals surface area contributed by atoms with Crippen LogP contribution in [0.25, 0.3) is 0 Å². The number of halogens is 1. The van der Waals surface area contributed by atoms with E-state index in [-0.39, 0.29) is 5.92 Å². The van der Waals surface area contributed by atoms with Gasteiger partial charge in [-0.25, -0.2) is 4.79 Å². The minimum Gasteiger partial charge on any atom is -0.444 e. The maximum atomic E-state index is 11.6. The molecule has 0 N–H and O–H groups in total. The van der Waals surface area contributed by atoms with Crippen molar-refractivity contribution >= 4 is 23.9 Å². The van der Waals surface area contributed by atoms with Crippen molar-refractivity contribution in [3.8, 4) is 0 Å². The van der Waals surface area contributed by atoms with E-state index in [0.717, 1.165) is 0 Å². The first-order chi connectivity index (χ1) is 7.33. The zero-order valence-electron chi connectivity index (χ0n) is 9.66. The molecule has 0 bridgehead atoms. The molecule has 1 heterocycles. The number of hydrogen-bond acceptors (Lipinski definition) is 4. The van der Waals surface area contributed by atoms with Gasteiger partial charge in [0.1, 0.15) is 17.5 Å². The Kier molecular flexibility index (Phi) is 4.02. The molecule has 0 saturated carbocycles. The molecule has 0 radical (unpaired) electrons. The van der Waals surface area contributed by atoms with Crippen LogP contribution in [0.4, 0.5) is 4.79 Å². The van der Waals surface area contributed by atoms with Crippen LogP contribution in [-0.2, 0) is 13.8 Å². The first-order valence-electron chi connectivity index (χ1n) is 5.14. The smallest absolute Gasteiger partial charge is 0.410 e. The summed E-state index contributed by atoms with van der Waals surface area (Å²) in [6.07, 6.45) is 0.155. The summed E-state index contributed by atoms with van der Waals surface area (Å²) in [4.78, 5) is 24.3.